The molecule has 0 radical (unpaired) electrons. The fourth-order valence-electron chi connectivity index (χ4n) is 3.71. The van der Waals surface area contributed by atoms with Gasteiger partial charge in [-0.3, -0.25) is 9.10 Å². The van der Waals surface area contributed by atoms with Crippen LogP contribution in [0.15, 0.2) is 71.6 Å². The molecule has 3 aromatic rings. The van der Waals surface area contributed by atoms with Gasteiger partial charge in [-0.05, 0) is 74.6 Å². The van der Waals surface area contributed by atoms with Gasteiger partial charge >= 0.3 is 0 Å². The Balaban J connectivity index is 1.87. The third kappa shape index (κ3) is 6.77. The highest BCUT2D eigenvalue weighted by molar-refractivity contribution is 7.93. The first-order valence-electron chi connectivity index (χ1n) is 11.4. The number of benzene rings is 3. The van der Waals surface area contributed by atoms with Crippen LogP contribution in [-0.4, -0.2) is 34.0 Å². The molecule has 0 saturated heterocycles. The Hall–Kier alpha value is -3.03. The first-order valence-corrected chi connectivity index (χ1v) is 13.2. The fraction of sp³-hybridized carbons (Fsp3) is 0.296. The second kappa shape index (κ2) is 11.6. The summed E-state index contributed by atoms with van der Waals surface area (Å²) in [6, 6.07) is 19.7. The van der Waals surface area contributed by atoms with E-state index in [2.05, 4.69) is 5.32 Å². The molecule has 8 heteroatoms. The van der Waals surface area contributed by atoms with Crippen LogP contribution < -0.4 is 14.4 Å². The van der Waals surface area contributed by atoms with E-state index in [0.29, 0.717) is 10.7 Å². The molecule has 0 heterocycles. The van der Waals surface area contributed by atoms with Crippen LogP contribution in [0.1, 0.15) is 30.0 Å². The molecular weight excluding hydrogens is 484 g/mol. The van der Waals surface area contributed by atoms with Crippen molar-refractivity contribution in [1.82, 2.24) is 5.32 Å². The second-order valence-corrected chi connectivity index (χ2v) is 10.8. The van der Waals surface area contributed by atoms with Gasteiger partial charge in [0.2, 0.25) is 5.91 Å². The van der Waals surface area contributed by atoms with Crippen molar-refractivity contribution in [3.63, 3.8) is 0 Å². The molecule has 0 spiro atoms. The van der Waals surface area contributed by atoms with Crippen molar-refractivity contribution in [2.75, 3.05) is 18.0 Å². The van der Waals surface area contributed by atoms with E-state index in [9.17, 15) is 13.2 Å². The molecular formula is C27H31ClN2O4S. The zero-order chi connectivity index (χ0) is 25.6. The summed E-state index contributed by atoms with van der Waals surface area (Å²) in [5.41, 5.74) is 3.04. The monoisotopic (exact) mass is 514 g/mol. The maximum atomic E-state index is 13.8. The van der Waals surface area contributed by atoms with Gasteiger partial charge in [-0.1, -0.05) is 54.1 Å². The van der Waals surface area contributed by atoms with Gasteiger partial charge in [0.05, 0.1) is 12.8 Å². The summed E-state index contributed by atoms with van der Waals surface area (Å²) < 4.78 is 34.0. The number of amides is 1. The summed E-state index contributed by atoms with van der Waals surface area (Å²) >= 11 is 6.31. The van der Waals surface area contributed by atoms with Crippen LogP contribution >= 0.6 is 11.6 Å². The van der Waals surface area contributed by atoms with Gasteiger partial charge in [-0.2, -0.15) is 0 Å². The first kappa shape index (κ1) is 26.6. The zero-order valence-corrected chi connectivity index (χ0v) is 22.0. The topological polar surface area (TPSA) is 75.7 Å². The molecule has 3 aromatic carbocycles. The van der Waals surface area contributed by atoms with E-state index in [1.807, 2.05) is 44.2 Å². The molecule has 0 fully saturated rings. The van der Waals surface area contributed by atoms with Gasteiger partial charge in [0.1, 0.15) is 17.2 Å². The molecule has 6 nitrogen and oxygen atoms in total. The molecule has 1 amide bonds. The molecule has 0 bridgehead atoms. The molecule has 0 aromatic heterocycles. The molecule has 1 N–H and O–H groups in total. The van der Waals surface area contributed by atoms with Crippen LogP contribution in [0.5, 0.6) is 5.75 Å². The van der Waals surface area contributed by atoms with Crippen LogP contribution in [-0.2, 0) is 21.2 Å². The van der Waals surface area contributed by atoms with Gasteiger partial charge < -0.3 is 10.1 Å². The lowest BCUT2D eigenvalue weighted by Crippen LogP contribution is -2.43. The van der Waals surface area contributed by atoms with Gasteiger partial charge in [-0.15, -0.1) is 0 Å². The second-order valence-electron chi connectivity index (χ2n) is 8.59. The number of carbonyl (C=O) groups excluding carboxylic acids is 1. The lowest BCUT2D eigenvalue weighted by Gasteiger charge is -2.26. The van der Waals surface area contributed by atoms with Crippen molar-refractivity contribution in [2.24, 2.45) is 0 Å². The zero-order valence-electron chi connectivity index (χ0n) is 20.4. The third-order valence-corrected chi connectivity index (χ3v) is 7.94. The predicted octanol–water partition coefficient (Wildman–Crippen LogP) is 5.30. The van der Waals surface area contributed by atoms with E-state index in [0.717, 1.165) is 28.3 Å². The third-order valence-electron chi connectivity index (χ3n) is 5.73. The minimum absolute atomic E-state index is 0.0124. The van der Waals surface area contributed by atoms with E-state index in [4.69, 9.17) is 16.3 Å². The van der Waals surface area contributed by atoms with Crippen LogP contribution in [0.2, 0.25) is 5.02 Å². The SMILES string of the molecule is COc1ccc(C)cc1S(=O)(=O)N(CC(=O)N[C@@H](C)CCc1ccccc1)c1ccc(C)c(Cl)c1. The number of nitrogens with one attached hydrogen (secondary N) is 1. The Labute approximate surface area is 212 Å². The highest BCUT2D eigenvalue weighted by Crippen LogP contribution is 2.32. The predicted molar refractivity (Wildman–Crippen MR) is 141 cm³/mol. The molecule has 0 aliphatic rings. The van der Waals surface area contributed by atoms with Crippen LogP contribution in [0, 0.1) is 13.8 Å². The lowest BCUT2D eigenvalue weighted by molar-refractivity contribution is -0.120. The number of carbonyl (C=O) groups is 1. The number of hydrogen-bond donors (Lipinski definition) is 1. The fourth-order valence-corrected chi connectivity index (χ4v) is 5.54. The van der Waals surface area contributed by atoms with Crippen LogP contribution in [0.3, 0.4) is 0 Å². The maximum absolute atomic E-state index is 13.8. The van der Waals surface area contributed by atoms with E-state index in [1.165, 1.54) is 18.7 Å². The molecule has 3 rings (SSSR count). The number of nitrogens with zero attached hydrogens (tertiary/aromatic N) is 1. The summed E-state index contributed by atoms with van der Waals surface area (Å²) in [7, 11) is -2.73. The number of ether oxygens (including phenoxy) is 1. The van der Waals surface area contributed by atoms with E-state index in [-0.39, 0.29) is 16.7 Å². The molecule has 1 atom stereocenters. The van der Waals surface area contributed by atoms with Gasteiger partial charge in [-0.25, -0.2) is 8.42 Å². The molecule has 0 aliphatic heterocycles. The van der Waals surface area contributed by atoms with Gasteiger partial charge in [0, 0.05) is 11.1 Å². The molecule has 0 saturated carbocycles. The summed E-state index contributed by atoms with van der Waals surface area (Å²) in [5, 5.41) is 3.34. The Morgan fingerprint density at radius 2 is 1.77 bits per heavy atom. The summed E-state index contributed by atoms with van der Waals surface area (Å²) in [6.45, 7) is 5.14. The Kier molecular flexibility index (Phi) is 8.81. The number of anilines is 1. The van der Waals surface area contributed by atoms with Crippen molar-refractivity contribution >= 4 is 33.2 Å². The molecule has 186 valence electrons. The van der Waals surface area contributed by atoms with Gasteiger partial charge in [0.15, 0.2) is 0 Å². The highest BCUT2D eigenvalue weighted by Gasteiger charge is 2.30. The largest absolute Gasteiger partial charge is 0.495 e. The maximum Gasteiger partial charge on any atom is 0.268 e. The smallest absolute Gasteiger partial charge is 0.268 e. The number of halogens is 1. The normalized spacial score (nSPS) is 12.1. The Bertz CT molecular complexity index is 1280. The van der Waals surface area contributed by atoms with Crippen molar-refractivity contribution in [3.05, 3.63) is 88.4 Å². The number of rotatable bonds is 10. The summed E-state index contributed by atoms with van der Waals surface area (Å²) in [4.78, 5) is 13.0. The van der Waals surface area contributed by atoms with E-state index in [1.54, 1.807) is 37.3 Å². The average Bonchev–Trinajstić information content (AvgIpc) is 2.83. The minimum atomic E-state index is -4.15. The highest BCUT2D eigenvalue weighted by atomic mass is 35.5. The number of aryl methyl sites for hydroxylation is 3. The number of methoxy groups -OCH3 is 1. The van der Waals surface area contributed by atoms with Crippen molar-refractivity contribution in [2.45, 2.75) is 44.6 Å². The number of hydrogen-bond acceptors (Lipinski definition) is 4. The average molecular weight is 515 g/mol. The standard InChI is InChI=1S/C27H31ClN2O4S/c1-19-10-15-25(34-4)26(16-19)35(32,33)30(23-14-11-20(2)24(28)17-23)18-27(31)29-21(3)12-13-22-8-6-5-7-9-22/h5-11,14-17,21H,12-13,18H2,1-4H3,(H,29,31)/t21-/m0/s1. The first-order chi connectivity index (χ1) is 16.6. The molecule has 0 unspecified atom stereocenters. The Morgan fingerprint density at radius 1 is 1.06 bits per heavy atom. The van der Waals surface area contributed by atoms with Crippen LogP contribution in [0.25, 0.3) is 0 Å². The van der Waals surface area contributed by atoms with Crippen molar-refractivity contribution < 1.29 is 17.9 Å². The van der Waals surface area contributed by atoms with Crippen LogP contribution in [0.4, 0.5) is 5.69 Å². The van der Waals surface area contributed by atoms with Crippen molar-refractivity contribution in [1.29, 1.82) is 0 Å². The van der Waals surface area contributed by atoms with E-state index >= 15 is 0 Å². The lowest BCUT2D eigenvalue weighted by atomic mass is 10.1. The Morgan fingerprint density at radius 3 is 2.43 bits per heavy atom. The van der Waals surface area contributed by atoms with Crippen molar-refractivity contribution in [3.8, 4) is 5.75 Å². The summed E-state index contributed by atoms with van der Waals surface area (Å²) in [6.07, 6.45) is 1.53. The van der Waals surface area contributed by atoms with Gasteiger partial charge in [0.25, 0.3) is 10.0 Å². The molecule has 35 heavy (non-hydrogen) atoms. The quantitative estimate of drug-likeness (QED) is 0.398. The molecule has 0 aliphatic carbocycles. The number of sulfonamides is 1. The summed E-state index contributed by atoms with van der Waals surface area (Å²) in [5.74, 6) is -0.201. The minimum Gasteiger partial charge on any atom is -0.495 e. The van der Waals surface area contributed by atoms with E-state index < -0.39 is 22.5 Å².